The second-order valence-electron chi connectivity index (χ2n) is 3.81. The van der Waals surface area contributed by atoms with Gasteiger partial charge < -0.3 is 9.84 Å². The number of nitro groups is 1. The minimum Gasteiger partial charge on any atom is -0.478 e. The van der Waals surface area contributed by atoms with Crippen LogP contribution in [-0.2, 0) is 0 Å². The summed E-state index contributed by atoms with van der Waals surface area (Å²) in [6.07, 6.45) is 2.87. The van der Waals surface area contributed by atoms with Crippen LogP contribution in [-0.4, -0.2) is 21.0 Å². The molecule has 1 aromatic heterocycles. The van der Waals surface area contributed by atoms with Gasteiger partial charge in [-0.1, -0.05) is 11.6 Å². The maximum absolute atomic E-state index is 11.2. The van der Waals surface area contributed by atoms with Crippen LogP contribution in [0.3, 0.4) is 0 Å². The highest BCUT2D eigenvalue weighted by molar-refractivity contribution is 9.10. The molecule has 0 unspecified atom stereocenters. The number of hydrogen-bond donors (Lipinski definition) is 1. The third-order valence-electron chi connectivity index (χ3n) is 2.37. The lowest BCUT2D eigenvalue weighted by atomic mass is 10.1. The van der Waals surface area contributed by atoms with Gasteiger partial charge in [-0.15, -0.1) is 0 Å². The Morgan fingerprint density at radius 3 is 2.67 bits per heavy atom. The van der Waals surface area contributed by atoms with Gasteiger partial charge in [0, 0.05) is 22.8 Å². The first-order valence-corrected chi connectivity index (χ1v) is 6.55. The number of nitrogens with zero attached hydrogens (tertiary/aromatic N) is 2. The van der Waals surface area contributed by atoms with E-state index in [4.69, 9.17) is 21.4 Å². The normalized spacial score (nSPS) is 10.2. The van der Waals surface area contributed by atoms with Crippen LogP contribution in [0.4, 0.5) is 5.69 Å². The Hall–Kier alpha value is -2.19. The first-order valence-electron chi connectivity index (χ1n) is 5.38. The maximum Gasteiger partial charge on any atom is 0.339 e. The van der Waals surface area contributed by atoms with Crippen LogP contribution in [0.1, 0.15) is 10.4 Å². The van der Waals surface area contributed by atoms with Crippen molar-refractivity contribution in [2.24, 2.45) is 0 Å². The fraction of sp³-hybridized carbons (Fsp3) is 0. The van der Waals surface area contributed by atoms with Gasteiger partial charge in [0.1, 0.15) is 11.3 Å². The molecule has 0 saturated heterocycles. The predicted molar refractivity (Wildman–Crippen MR) is 77.1 cm³/mol. The molecule has 0 atom stereocenters. The van der Waals surface area contributed by atoms with Crippen molar-refractivity contribution in [3.05, 3.63) is 55.8 Å². The van der Waals surface area contributed by atoms with Crippen LogP contribution >= 0.6 is 27.5 Å². The summed E-state index contributed by atoms with van der Waals surface area (Å²) in [4.78, 5) is 25.1. The van der Waals surface area contributed by atoms with E-state index in [2.05, 4.69) is 20.9 Å². The van der Waals surface area contributed by atoms with E-state index >= 15 is 0 Å². The number of nitro benzene ring substituents is 1. The highest BCUT2D eigenvalue weighted by Gasteiger charge is 2.22. The van der Waals surface area contributed by atoms with Crippen molar-refractivity contribution in [3.8, 4) is 11.5 Å². The van der Waals surface area contributed by atoms with Crippen LogP contribution < -0.4 is 4.74 Å². The van der Waals surface area contributed by atoms with Crippen molar-refractivity contribution in [3.63, 3.8) is 0 Å². The number of halogens is 2. The summed E-state index contributed by atoms with van der Waals surface area (Å²) in [7, 11) is 0. The Kier molecular flexibility index (Phi) is 4.39. The lowest BCUT2D eigenvalue weighted by Crippen LogP contribution is -2.02. The molecule has 0 aliphatic rings. The number of carbonyl (C=O) groups is 1. The average Bonchev–Trinajstić information content (AvgIpc) is 2.40. The fourth-order valence-electron chi connectivity index (χ4n) is 1.51. The standard InChI is InChI=1S/C12H6BrClN2O5/c13-6-1-8(5-15-4-6)21-11-9(12(17)18)2-7(16(19)20)3-10(11)14/h1-5H,(H,17,18). The van der Waals surface area contributed by atoms with Crippen LogP contribution in [0.15, 0.2) is 35.1 Å². The van der Waals surface area contributed by atoms with Gasteiger partial charge in [-0.3, -0.25) is 15.1 Å². The van der Waals surface area contributed by atoms with E-state index < -0.39 is 22.1 Å². The Balaban J connectivity index is 2.52. The quantitative estimate of drug-likeness (QED) is 0.644. The SMILES string of the molecule is O=C(O)c1cc([N+](=O)[O-])cc(Cl)c1Oc1cncc(Br)c1. The number of carboxylic acid groups (broad SMARTS) is 1. The number of rotatable bonds is 4. The van der Waals surface area contributed by atoms with Crippen molar-refractivity contribution in [1.82, 2.24) is 4.98 Å². The van der Waals surface area contributed by atoms with Crippen molar-refractivity contribution >= 4 is 39.2 Å². The molecule has 0 amide bonds. The summed E-state index contributed by atoms with van der Waals surface area (Å²) >= 11 is 9.08. The average molecular weight is 374 g/mol. The van der Waals surface area contributed by atoms with Gasteiger partial charge in [0.15, 0.2) is 5.75 Å². The van der Waals surface area contributed by atoms with Crippen LogP contribution in [0.25, 0.3) is 0 Å². The lowest BCUT2D eigenvalue weighted by Gasteiger charge is -2.10. The second kappa shape index (κ2) is 6.06. The van der Waals surface area contributed by atoms with Crippen LogP contribution in [0.2, 0.25) is 5.02 Å². The Morgan fingerprint density at radius 1 is 1.38 bits per heavy atom. The summed E-state index contributed by atoms with van der Waals surface area (Å²) in [6.45, 7) is 0. The van der Waals surface area contributed by atoms with Gasteiger partial charge in [-0.25, -0.2) is 4.79 Å². The highest BCUT2D eigenvalue weighted by Crippen LogP contribution is 2.36. The van der Waals surface area contributed by atoms with E-state index in [0.29, 0.717) is 4.47 Å². The molecule has 21 heavy (non-hydrogen) atoms. The lowest BCUT2D eigenvalue weighted by molar-refractivity contribution is -0.384. The van der Waals surface area contributed by atoms with Crippen molar-refractivity contribution in [2.45, 2.75) is 0 Å². The molecule has 0 aliphatic carbocycles. The second-order valence-corrected chi connectivity index (χ2v) is 5.13. The molecular weight excluding hydrogens is 367 g/mol. The zero-order chi connectivity index (χ0) is 15.6. The minimum atomic E-state index is -1.39. The van der Waals surface area contributed by atoms with Crippen LogP contribution in [0.5, 0.6) is 11.5 Å². The molecule has 0 spiro atoms. The molecule has 7 nitrogen and oxygen atoms in total. The van der Waals surface area contributed by atoms with Crippen molar-refractivity contribution in [2.75, 3.05) is 0 Å². The summed E-state index contributed by atoms with van der Waals surface area (Å²) in [5.41, 5.74) is -0.841. The molecule has 108 valence electrons. The molecule has 9 heteroatoms. The van der Waals surface area contributed by atoms with Crippen molar-refractivity contribution < 1.29 is 19.6 Å². The number of aromatic carboxylic acids is 1. The number of benzene rings is 1. The monoisotopic (exact) mass is 372 g/mol. The van der Waals surface area contributed by atoms with Gasteiger partial charge in [0.05, 0.1) is 16.1 Å². The molecular formula is C12H6BrClN2O5. The molecule has 0 aliphatic heterocycles. The van der Waals surface area contributed by atoms with Gasteiger partial charge in [-0.2, -0.15) is 0 Å². The smallest absolute Gasteiger partial charge is 0.339 e. The zero-order valence-corrected chi connectivity index (χ0v) is 12.5. The number of carboxylic acids is 1. The topological polar surface area (TPSA) is 103 Å². The fourth-order valence-corrected chi connectivity index (χ4v) is 2.11. The molecule has 1 heterocycles. The molecule has 0 bridgehead atoms. The molecule has 0 saturated carbocycles. The number of hydrogen-bond acceptors (Lipinski definition) is 5. The molecule has 2 rings (SSSR count). The first-order chi connectivity index (χ1) is 9.88. The minimum absolute atomic E-state index is 0.179. The van der Waals surface area contributed by atoms with E-state index in [1.54, 1.807) is 6.07 Å². The molecule has 0 radical (unpaired) electrons. The summed E-state index contributed by atoms with van der Waals surface area (Å²) in [6, 6.07) is 3.46. The first kappa shape index (κ1) is 15.2. The van der Waals surface area contributed by atoms with E-state index in [-0.39, 0.29) is 16.5 Å². The van der Waals surface area contributed by atoms with Gasteiger partial charge in [-0.05, 0) is 22.0 Å². The van der Waals surface area contributed by atoms with Crippen LogP contribution in [0, 0.1) is 10.1 Å². The Labute approximate surface area is 131 Å². The van der Waals surface area contributed by atoms with Gasteiger partial charge >= 0.3 is 5.97 Å². The van der Waals surface area contributed by atoms with E-state index in [1.165, 1.54) is 12.4 Å². The Bertz CT molecular complexity index is 738. The number of pyridine rings is 1. The zero-order valence-electron chi connectivity index (χ0n) is 10.1. The number of ether oxygens (including phenoxy) is 1. The largest absolute Gasteiger partial charge is 0.478 e. The third-order valence-corrected chi connectivity index (χ3v) is 3.08. The van der Waals surface area contributed by atoms with E-state index in [1.807, 2.05) is 0 Å². The summed E-state index contributed by atoms with van der Waals surface area (Å²) in [5, 5.41) is 19.7. The summed E-state index contributed by atoms with van der Waals surface area (Å²) in [5.74, 6) is -1.34. The highest BCUT2D eigenvalue weighted by atomic mass is 79.9. The maximum atomic E-state index is 11.2. The van der Waals surface area contributed by atoms with Crippen molar-refractivity contribution in [1.29, 1.82) is 0 Å². The molecule has 0 fully saturated rings. The van der Waals surface area contributed by atoms with Gasteiger partial charge in [0.2, 0.25) is 0 Å². The number of aromatic nitrogens is 1. The molecule has 1 N–H and O–H groups in total. The Morgan fingerprint density at radius 2 is 2.10 bits per heavy atom. The van der Waals surface area contributed by atoms with E-state index in [0.717, 1.165) is 12.1 Å². The van der Waals surface area contributed by atoms with E-state index in [9.17, 15) is 14.9 Å². The summed E-state index contributed by atoms with van der Waals surface area (Å²) < 4.78 is 6.01. The molecule has 2 aromatic rings. The van der Waals surface area contributed by atoms with Gasteiger partial charge in [0.25, 0.3) is 5.69 Å². The molecule has 1 aromatic carbocycles. The number of non-ortho nitro benzene ring substituents is 1. The third kappa shape index (κ3) is 3.47. The predicted octanol–water partition coefficient (Wildman–Crippen LogP) is 3.90.